The van der Waals surface area contributed by atoms with E-state index in [0.29, 0.717) is 47.2 Å². The van der Waals surface area contributed by atoms with Crippen LogP contribution in [0.4, 0.5) is 11.5 Å². The van der Waals surface area contributed by atoms with Gasteiger partial charge >= 0.3 is 0 Å². The molecule has 1 atom stereocenters. The lowest BCUT2D eigenvalue weighted by atomic mass is 10.0. The minimum Gasteiger partial charge on any atom is -0.394 e. The smallest absolute Gasteiger partial charge is 0.223 e. The maximum Gasteiger partial charge on any atom is 0.223 e. The van der Waals surface area contributed by atoms with Crippen LogP contribution in [0.15, 0.2) is 47.8 Å². The van der Waals surface area contributed by atoms with Crippen molar-refractivity contribution in [2.24, 2.45) is 0 Å². The second kappa shape index (κ2) is 14.6. The first-order chi connectivity index (χ1) is 18.9. The Morgan fingerprint density at radius 1 is 1.20 bits per heavy atom. The fourth-order valence-corrected chi connectivity index (χ4v) is 5.27. The van der Waals surface area contributed by atoms with Crippen molar-refractivity contribution >= 4 is 47.5 Å². The van der Waals surface area contributed by atoms with Crippen LogP contribution in [0.3, 0.4) is 0 Å². The first-order valence-electron chi connectivity index (χ1n) is 12.8. The van der Waals surface area contributed by atoms with Crippen LogP contribution in [-0.4, -0.2) is 56.0 Å². The Labute approximate surface area is 243 Å². The van der Waals surface area contributed by atoms with Gasteiger partial charge in [0.25, 0.3) is 0 Å². The molecule has 40 heavy (non-hydrogen) atoms. The number of nitriles is 1. The zero-order valence-electron chi connectivity index (χ0n) is 22.2. The number of aliphatic hydroxyl groups excluding tert-OH is 1. The molecule has 3 heterocycles. The van der Waals surface area contributed by atoms with Crippen LogP contribution in [0.25, 0.3) is 11.3 Å². The molecule has 0 radical (unpaired) electrons. The summed E-state index contributed by atoms with van der Waals surface area (Å²) < 4.78 is 0. The molecule has 4 N–H and O–H groups in total. The van der Waals surface area contributed by atoms with Crippen molar-refractivity contribution in [2.75, 3.05) is 24.2 Å². The molecule has 1 fully saturated rings. The van der Waals surface area contributed by atoms with Crippen LogP contribution >= 0.6 is 24.2 Å². The van der Waals surface area contributed by atoms with E-state index in [2.05, 4.69) is 26.3 Å². The standard InChI is InChI=1S/C28H31N7O3S.ClH/c1-18(37)32-22-9-6-20(7-10-22)26-24(14-29)27(30)34-28(33-26)39-17-19-5-8-21(31-15-19)11-12-25(38)35-13-3-2-4-23(35)16-36;/h5-10,15,23,36H,2-4,11-13,16-17H2,1H3,(H,32,37)(H2,30,33,34);1H. The molecule has 3 aromatic rings. The van der Waals surface area contributed by atoms with Crippen molar-refractivity contribution in [3.63, 3.8) is 0 Å². The van der Waals surface area contributed by atoms with Crippen molar-refractivity contribution in [3.8, 4) is 17.3 Å². The predicted octanol–water partition coefficient (Wildman–Crippen LogP) is 3.97. The van der Waals surface area contributed by atoms with Gasteiger partial charge in [-0.05, 0) is 49.4 Å². The van der Waals surface area contributed by atoms with Gasteiger partial charge in [0.2, 0.25) is 11.8 Å². The molecule has 1 aromatic carbocycles. The van der Waals surface area contributed by atoms with E-state index >= 15 is 0 Å². The van der Waals surface area contributed by atoms with Crippen molar-refractivity contribution in [1.82, 2.24) is 19.9 Å². The van der Waals surface area contributed by atoms with Gasteiger partial charge in [-0.1, -0.05) is 30.0 Å². The largest absolute Gasteiger partial charge is 0.394 e. The molecule has 1 aliphatic rings. The summed E-state index contributed by atoms with van der Waals surface area (Å²) >= 11 is 1.38. The number of nitrogens with two attached hydrogens (primary N) is 1. The molecule has 2 amide bonds. The lowest BCUT2D eigenvalue weighted by Crippen LogP contribution is -2.45. The number of nitrogens with zero attached hydrogens (tertiary/aromatic N) is 5. The summed E-state index contributed by atoms with van der Waals surface area (Å²) in [7, 11) is 0. The minimum absolute atomic E-state index is 0. The van der Waals surface area contributed by atoms with Gasteiger partial charge in [0.05, 0.1) is 18.3 Å². The molecule has 210 valence electrons. The van der Waals surface area contributed by atoms with Gasteiger partial charge in [-0.3, -0.25) is 14.6 Å². The summed E-state index contributed by atoms with van der Waals surface area (Å²) in [6.45, 7) is 2.15. The lowest BCUT2D eigenvalue weighted by molar-refractivity contribution is -0.135. The Bertz CT molecular complexity index is 1360. The predicted molar refractivity (Wildman–Crippen MR) is 157 cm³/mol. The first kappa shape index (κ1) is 30.8. The summed E-state index contributed by atoms with van der Waals surface area (Å²) in [5, 5.41) is 22.3. The summed E-state index contributed by atoms with van der Waals surface area (Å²) in [4.78, 5) is 39.1. The highest BCUT2D eigenvalue weighted by molar-refractivity contribution is 7.98. The third-order valence-electron chi connectivity index (χ3n) is 6.51. The fraction of sp³-hybridized carbons (Fsp3) is 0.357. The Morgan fingerprint density at radius 2 is 1.98 bits per heavy atom. The average molecular weight is 582 g/mol. The van der Waals surface area contributed by atoms with Gasteiger partial charge in [-0.25, -0.2) is 9.97 Å². The van der Waals surface area contributed by atoms with Crippen LogP contribution in [0.5, 0.6) is 0 Å². The number of nitrogens with one attached hydrogen (secondary N) is 1. The normalized spacial score (nSPS) is 14.6. The molecule has 0 aliphatic carbocycles. The molecule has 1 unspecified atom stereocenters. The maximum atomic E-state index is 12.7. The Balaban J connectivity index is 0.00000441. The highest BCUT2D eigenvalue weighted by Gasteiger charge is 2.25. The highest BCUT2D eigenvalue weighted by Crippen LogP contribution is 2.29. The van der Waals surface area contributed by atoms with E-state index in [1.165, 1.54) is 18.7 Å². The number of thioether (sulfide) groups is 1. The Hall–Kier alpha value is -3.72. The second-order valence-electron chi connectivity index (χ2n) is 9.35. The molecular weight excluding hydrogens is 550 g/mol. The van der Waals surface area contributed by atoms with Gasteiger partial charge in [0.15, 0.2) is 5.16 Å². The molecule has 12 heteroatoms. The number of carbonyl (C=O) groups excluding carboxylic acids is 2. The number of piperidine rings is 1. The van der Waals surface area contributed by atoms with Crippen molar-refractivity contribution in [1.29, 1.82) is 5.26 Å². The molecule has 2 aromatic heterocycles. The number of anilines is 2. The number of nitrogen functional groups attached to an aromatic ring is 1. The highest BCUT2D eigenvalue weighted by atomic mass is 35.5. The molecule has 1 aliphatic heterocycles. The van der Waals surface area contributed by atoms with Gasteiger partial charge in [-0.15, -0.1) is 12.4 Å². The summed E-state index contributed by atoms with van der Waals surface area (Å²) in [5.74, 6) is 0.539. The fourth-order valence-electron chi connectivity index (χ4n) is 4.49. The van der Waals surface area contributed by atoms with Crippen molar-refractivity contribution in [3.05, 3.63) is 59.4 Å². The van der Waals surface area contributed by atoms with Crippen LogP contribution in [0.1, 0.15) is 49.4 Å². The van der Waals surface area contributed by atoms with Crippen LogP contribution in [-0.2, 0) is 21.8 Å². The molecule has 0 spiro atoms. The van der Waals surface area contributed by atoms with Crippen molar-refractivity contribution < 1.29 is 14.7 Å². The SMILES string of the molecule is CC(=O)Nc1ccc(-c2nc(SCc3ccc(CCC(=O)N4CCCCC4CO)nc3)nc(N)c2C#N)cc1.Cl. The Morgan fingerprint density at radius 3 is 2.62 bits per heavy atom. The summed E-state index contributed by atoms with van der Waals surface area (Å²) in [6.07, 6.45) is 5.57. The van der Waals surface area contributed by atoms with Gasteiger partial charge < -0.3 is 21.1 Å². The quantitative estimate of drug-likeness (QED) is 0.251. The van der Waals surface area contributed by atoms with Gasteiger partial charge in [-0.2, -0.15) is 5.26 Å². The van der Waals surface area contributed by atoms with Gasteiger partial charge in [0, 0.05) is 48.8 Å². The van der Waals surface area contributed by atoms with E-state index in [1.54, 1.807) is 30.5 Å². The first-order valence-corrected chi connectivity index (χ1v) is 13.8. The number of hydrogen-bond acceptors (Lipinski definition) is 9. The van der Waals surface area contributed by atoms with E-state index < -0.39 is 0 Å². The number of benzene rings is 1. The zero-order chi connectivity index (χ0) is 27.8. The number of likely N-dealkylation sites (tertiary alicyclic amines) is 1. The molecule has 10 nitrogen and oxygen atoms in total. The number of rotatable bonds is 9. The van der Waals surface area contributed by atoms with Gasteiger partial charge in [0.1, 0.15) is 17.5 Å². The topological polar surface area (TPSA) is 158 Å². The zero-order valence-corrected chi connectivity index (χ0v) is 23.8. The van der Waals surface area contributed by atoms with E-state index in [9.17, 15) is 20.0 Å². The van der Waals surface area contributed by atoms with Crippen LogP contribution in [0.2, 0.25) is 0 Å². The van der Waals surface area contributed by atoms with E-state index in [-0.39, 0.29) is 48.3 Å². The number of aromatic nitrogens is 3. The van der Waals surface area contributed by atoms with E-state index in [0.717, 1.165) is 30.5 Å². The minimum atomic E-state index is -0.171. The van der Waals surface area contributed by atoms with Crippen molar-refractivity contribution in [2.45, 2.75) is 56.0 Å². The number of carbonyl (C=O) groups is 2. The molecule has 1 saturated heterocycles. The monoisotopic (exact) mass is 581 g/mol. The lowest BCUT2D eigenvalue weighted by Gasteiger charge is -2.34. The maximum absolute atomic E-state index is 12.7. The molecular formula is C28H32ClN7O3S. The number of halogens is 1. The third-order valence-corrected chi connectivity index (χ3v) is 7.43. The number of aryl methyl sites for hydroxylation is 1. The summed E-state index contributed by atoms with van der Waals surface area (Å²) in [5.41, 5.74) is 9.82. The van der Waals surface area contributed by atoms with E-state index in [1.807, 2.05) is 17.0 Å². The average Bonchev–Trinajstić information content (AvgIpc) is 2.95. The number of hydrogen-bond donors (Lipinski definition) is 3. The summed E-state index contributed by atoms with van der Waals surface area (Å²) in [6, 6.07) is 12.9. The van der Waals surface area contributed by atoms with Crippen LogP contribution in [0, 0.1) is 11.3 Å². The molecule has 0 saturated carbocycles. The Kier molecular flexibility index (Phi) is 11.3. The number of amides is 2. The van der Waals surface area contributed by atoms with E-state index in [4.69, 9.17) is 5.73 Å². The van der Waals surface area contributed by atoms with Crippen LogP contribution < -0.4 is 11.1 Å². The number of aliphatic hydroxyl groups is 1. The molecule has 0 bridgehead atoms. The third kappa shape index (κ3) is 7.91. The number of pyridine rings is 1. The second-order valence-corrected chi connectivity index (χ2v) is 10.3. The molecule has 4 rings (SSSR count).